The second kappa shape index (κ2) is 9.37. The lowest BCUT2D eigenvalue weighted by molar-refractivity contribution is -0.0627. The van der Waals surface area contributed by atoms with Crippen molar-refractivity contribution in [3.05, 3.63) is 88.0 Å². The molecule has 0 saturated carbocycles. The van der Waals surface area contributed by atoms with Gasteiger partial charge in [0.05, 0.1) is 17.5 Å². The molecule has 1 aliphatic rings. The monoisotopic (exact) mass is 550 g/mol. The molecule has 2 aromatic carbocycles. The van der Waals surface area contributed by atoms with Crippen molar-refractivity contribution in [3.63, 3.8) is 0 Å². The average Bonchev–Trinajstić information content (AvgIpc) is 3.33. The van der Waals surface area contributed by atoms with Crippen LogP contribution in [-0.2, 0) is 14.2 Å². The minimum atomic E-state index is -2.11. The molecule has 32 heavy (non-hydrogen) atoms. The van der Waals surface area contributed by atoms with Gasteiger partial charge < -0.3 is 18.8 Å². The van der Waals surface area contributed by atoms with Crippen LogP contribution in [0.3, 0.4) is 0 Å². The van der Waals surface area contributed by atoms with Gasteiger partial charge in [-0.15, -0.1) is 0 Å². The van der Waals surface area contributed by atoms with E-state index in [-0.39, 0.29) is 12.2 Å². The zero-order valence-corrected chi connectivity index (χ0v) is 19.2. The summed E-state index contributed by atoms with van der Waals surface area (Å²) in [6.07, 6.45) is -0.386. The number of halogens is 2. The Hall–Kier alpha value is -2.79. The zero-order chi connectivity index (χ0) is 22.7. The number of benzene rings is 2. The Balaban J connectivity index is 1.56. The number of ether oxygens (including phenoxy) is 3. The number of alkyl halides is 1. The fourth-order valence-electron chi connectivity index (χ4n) is 3.57. The predicted octanol–water partition coefficient (Wildman–Crippen LogP) is 4.20. The van der Waals surface area contributed by atoms with Gasteiger partial charge in [0.15, 0.2) is 18.0 Å². The first-order valence-electron chi connectivity index (χ1n) is 9.88. The topological polar surface area (TPSA) is 79.6 Å². The van der Waals surface area contributed by atoms with Crippen molar-refractivity contribution in [1.82, 2.24) is 9.55 Å². The number of hydrogen-bond donors (Lipinski definition) is 0. The molecule has 1 fully saturated rings. The molecule has 1 aliphatic heterocycles. The van der Waals surface area contributed by atoms with Crippen molar-refractivity contribution in [3.8, 4) is 0 Å². The largest absolute Gasteiger partial charge is 0.459 e. The lowest BCUT2D eigenvalue weighted by Crippen LogP contribution is -2.44. The van der Waals surface area contributed by atoms with E-state index in [1.807, 2.05) is 22.6 Å². The molecule has 0 aliphatic carbocycles. The number of carbonyl (C=O) groups excluding carboxylic acids is 2. The van der Waals surface area contributed by atoms with Crippen LogP contribution in [0.5, 0.6) is 0 Å². The van der Waals surface area contributed by atoms with E-state index in [0.29, 0.717) is 9.26 Å². The minimum absolute atomic E-state index is 0.281. The van der Waals surface area contributed by atoms with Crippen LogP contribution < -0.4 is 0 Å². The Morgan fingerprint density at radius 1 is 1.09 bits per heavy atom. The van der Waals surface area contributed by atoms with Crippen LogP contribution in [-0.4, -0.2) is 46.0 Å². The third-order valence-corrected chi connectivity index (χ3v) is 5.71. The van der Waals surface area contributed by atoms with Crippen LogP contribution in [0.25, 0.3) is 0 Å². The summed E-state index contributed by atoms with van der Waals surface area (Å²) in [5, 5.41) is 0. The molecule has 1 aromatic heterocycles. The summed E-state index contributed by atoms with van der Waals surface area (Å²) in [4.78, 5) is 29.1. The highest BCUT2D eigenvalue weighted by Crippen LogP contribution is 2.43. The lowest BCUT2D eigenvalue weighted by Gasteiger charge is -2.27. The van der Waals surface area contributed by atoms with Crippen LogP contribution in [0.4, 0.5) is 4.39 Å². The van der Waals surface area contributed by atoms with Gasteiger partial charge in [0, 0.05) is 6.20 Å². The highest BCUT2D eigenvalue weighted by atomic mass is 127. The number of hydrogen-bond acceptors (Lipinski definition) is 6. The smallest absolute Gasteiger partial charge is 0.338 e. The summed E-state index contributed by atoms with van der Waals surface area (Å²) in [7, 11) is 0. The fourth-order valence-corrected chi connectivity index (χ4v) is 4.01. The molecule has 166 valence electrons. The van der Waals surface area contributed by atoms with Gasteiger partial charge in [-0.25, -0.2) is 19.0 Å². The van der Waals surface area contributed by atoms with E-state index in [9.17, 15) is 9.59 Å². The third kappa shape index (κ3) is 4.68. The number of rotatable bonds is 6. The van der Waals surface area contributed by atoms with Crippen molar-refractivity contribution in [2.24, 2.45) is 0 Å². The van der Waals surface area contributed by atoms with E-state index in [1.165, 1.54) is 17.8 Å². The zero-order valence-electron chi connectivity index (χ0n) is 17.1. The molecule has 4 atom stereocenters. The maximum Gasteiger partial charge on any atom is 0.338 e. The molecule has 0 radical (unpaired) electrons. The van der Waals surface area contributed by atoms with E-state index in [0.717, 1.165) is 0 Å². The van der Waals surface area contributed by atoms with Gasteiger partial charge >= 0.3 is 11.9 Å². The van der Waals surface area contributed by atoms with E-state index in [1.54, 1.807) is 66.9 Å². The van der Waals surface area contributed by atoms with E-state index in [4.69, 9.17) is 14.2 Å². The lowest BCUT2D eigenvalue weighted by atomic mass is 9.98. The maximum atomic E-state index is 16.0. The maximum absolute atomic E-state index is 16.0. The molecule has 0 amide bonds. The SMILES string of the molecule is C[C@@]1(F)[C@H](OC(=O)c2ccccc2)[C@@H](COC(=O)c2ccccc2)O[C@H]1n1cnc(I)c1. The van der Waals surface area contributed by atoms with Crippen LogP contribution in [0.15, 0.2) is 73.2 Å². The van der Waals surface area contributed by atoms with Crippen LogP contribution in [0.1, 0.15) is 33.9 Å². The van der Waals surface area contributed by atoms with Crippen molar-refractivity contribution < 1.29 is 28.2 Å². The first-order chi connectivity index (χ1) is 15.4. The predicted molar refractivity (Wildman–Crippen MR) is 121 cm³/mol. The van der Waals surface area contributed by atoms with Gasteiger partial charge in [0.1, 0.15) is 16.4 Å². The third-order valence-electron chi connectivity index (χ3n) is 5.15. The normalized spacial score (nSPS) is 24.8. The van der Waals surface area contributed by atoms with Gasteiger partial charge in [-0.3, -0.25) is 0 Å². The summed E-state index contributed by atoms with van der Waals surface area (Å²) in [5.41, 5.74) is -1.48. The molecule has 0 N–H and O–H groups in total. The Morgan fingerprint density at radius 3 is 2.25 bits per heavy atom. The summed E-state index contributed by atoms with van der Waals surface area (Å²) in [6.45, 7) is 1.01. The van der Waals surface area contributed by atoms with Crippen LogP contribution in [0, 0.1) is 3.70 Å². The van der Waals surface area contributed by atoms with Gasteiger partial charge in [0.2, 0.25) is 0 Å². The Labute approximate surface area is 197 Å². The molecule has 4 rings (SSSR count). The highest BCUT2D eigenvalue weighted by molar-refractivity contribution is 14.1. The molecule has 2 heterocycles. The van der Waals surface area contributed by atoms with E-state index >= 15 is 4.39 Å². The van der Waals surface area contributed by atoms with Crippen molar-refractivity contribution >= 4 is 34.5 Å². The van der Waals surface area contributed by atoms with Crippen molar-refractivity contribution in [2.75, 3.05) is 6.61 Å². The van der Waals surface area contributed by atoms with Gasteiger partial charge in [-0.05, 0) is 53.8 Å². The molecular weight excluding hydrogens is 530 g/mol. The van der Waals surface area contributed by atoms with E-state index < -0.39 is 36.0 Å². The number of esters is 2. The minimum Gasteiger partial charge on any atom is -0.459 e. The second-order valence-corrected chi connectivity index (χ2v) is 8.58. The molecule has 7 nitrogen and oxygen atoms in total. The molecule has 3 aromatic rings. The highest BCUT2D eigenvalue weighted by Gasteiger charge is 2.58. The molecule has 0 spiro atoms. The van der Waals surface area contributed by atoms with Gasteiger partial charge in [-0.1, -0.05) is 36.4 Å². The molecular formula is C23H20FIN2O5. The van der Waals surface area contributed by atoms with Gasteiger partial charge in [-0.2, -0.15) is 0 Å². The summed E-state index contributed by atoms with van der Waals surface area (Å²) in [5.74, 6) is -1.27. The molecule has 9 heteroatoms. The number of nitrogens with zero attached hydrogens (tertiary/aromatic N) is 2. The van der Waals surface area contributed by atoms with E-state index in [2.05, 4.69) is 4.98 Å². The Morgan fingerprint density at radius 2 is 1.69 bits per heavy atom. The van der Waals surface area contributed by atoms with Gasteiger partial charge in [0.25, 0.3) is 0 Å². The average molecular weight is 550 g/mol. The summed E-state index contributed by atoms with van der Waals surface area (Å²) >= 11 is 2.00. The summed E-state index contributed by atoms with van der Waals surface area (Å²) in [6, 6.07) is 16.7. The first kappa shape index (κ1) is 22.4. The van der Waals surface area contributed by atoms with Crippen molar-refractivity contribution in [1.29, 1.82) is 0 Å². The molecule has 0 bridgehead atoms. The Bertz CT molecular complexity index is 1090. The fraction of sp³-hybridized carbons (Fsp3) is 0.261. The number of imidazole rings is 1. The number of carbonyl (C=O) groups is 2. The quantitative estimate of drug-likeness (QED) is 0.339. The number of aromatic nitrogens is 2. The molecule has 0 unspecified atom stereocenters. The van der Waals surface area contributed by atoms with Crippen LogP contribution in [0.2, 0.25) is 0 Å². The summed E-state index contributed by atoms with van der Waals surface area (Å²) < 4.78 is 35.0. The van der Waals surface area contributed by atoms with Crippen molar-refractivity contribution in [2.45, 2.75) is 31.0 Å². The first-order valence-corrected chi connectivity index (χ1v) is 11.0. The second-order valence-electron chi connectivity index (χ2n) is 7.48. The Kier molecular flexibility index (Phi) is 6.56. The van der Waals surface area contributed by atoms with Crippen LogP contribution >= 0.6 is 22.6 Å². The molecule has 1 saturated heterocycles. The standard InChI is InChI=1S/C23H20FIN2O5/c1-23(24)19(32-21(29)16-10-6-3-7-11-16)17(31-22(23)27-12-18(25)26-14-27)13-30-20(28)15-8-4-2-5-9-15/h2-12,14,17,19,22H,13H2,1H3/t17-,19-,22-,23-/m1/s1.